The number of rotatable bonds is 5. The average molecular weight is 362 g/mol. The molecule has 5 nitrogen and oxygen atoms in total. The zero-order valence-corrected chi connectivity index (χ0v) is 13.5. The molecule has 114 valence electrons. The third kappa shape index (κ3) is 4.60. The second-order valence-electron chi connectivity index (χ2n) is 4.67. The Kier molecular flexibility index (Phi) is 5.55. The molecule has 0 aliphatic rings. The molecule has 0 aromatic heterocycles. The van der Waals surface area contributed by atoms with E-state index in [9.17, 15) is 9.90 Å². The van der Waals surface area contributed by atoms with Crippen molar-refractivity contribution in [1.29, 1.82) is 0 Å². The molecule has 1 atom stereocenters. The lowest BCUT2D eigenvalue weighted by Gasteiger charge is -2.13. The maximum absolute atomic E-state index is 11.9. The van der Waals surface area contributed by atoms with Crippen LogP contribution in [0.3, 0.4) is 0 Å². The van der Waals surface area contributed by atoms with Gasteiger partial charge < -0.3 is 10.4 Å². The van der Waals surface area contributed by atoms with Crippen LogP contribution in [0.5, 0.6) is 5.75 Å². The van der Waals surface area contributed by atoms with Crippen LogP contribution < -0.4 is 10.7 Å². The molecule has 0 aliphatic heterocycles. The first-order chi connectivity index (χ1) is 10.6. The van der Waals surface area contributed by atoms with E-state index in [1.165, 1.54) is 6.21 Å². The number of phenolic OH excluding ortho intramolecular Hbond substituents is 1. The van der Waals surface area contributed by atoms with Crippen LogP contribution in [0.15, 0.2) is 58.1 Å². The van der Waals surface area contributed by atoms with Crippen LogP contribution in [-0.4, -0.2) is 23.3 Å². The summed E-state index contributed by atoms with van der Waals surface area (Å²) in [5.41, 5.74) is 3.82. The van der Waals surface area contributed by atoms with E-state index >= 15 is 0 Å². The third-order valence-electron chi connectivity index (χ3n) is 2.94. The Hall–Kier alpha value is -2.34. The van der Waals surface area contributed by atoms with Gasteiger partial charge in [0.05, 0.1) is 6.21 Å². The number of carbonyl (C=O) groups is 1. The summed E-state index contributed by atoms with van der Waals surface area (Å²) >= 11 is 3.36. The van der Waals surface area contributed by atoms with E-state index < -0.39 is 6.04 Å². The molecule has 0 aliphatic carbocycles. The van der Waals surface area contributed by atoms with Gasteiger partial charge in [-0.05, 0) is 43.3 Å². The van der Waals surface area contributed by atoms with E-state index in [2.05, 4.69) is 31.8 Å². The highest BCUT2D eigenvalue weighted by molar-refractivity contribution is 9.10. The Morgan fingerprint density at radius 3 is 2.59 bits per heavy atom. The van der Waals surface area contributed by atoms with Crippen LogP contribution in [0.2, 0.25) is 0 Å². The Balaban J connectivity index is 1.89. The number of anilines is 1. The SMILES string of the molecule is C[C@@H](Nc1ccc(Br)cc1)C(=O)NN=Cc1ccccc1O. The van der Waals surface area contributed by atoms with Crippen LogP contribution in [0.25, 0.3) is 0 Å². The fraction of sp³-hybridized carbons (Fsp3) is 0.125. The van der Waals surface area contributed by atoms with Gasteiger partial charge in [-0.25, -0.2) is 5.43 Å². The lowest BCUT2D eigenvalue weighted by atomic mass is 10.2. The van der Waals surface area contributed by atoms with Crippen LogP contribution in [0, 0.1) is 0 Å². The van der Waals surface area contributed by atoms with E-state index in [-0.39, 0.29) is 11.7 Å². The maximum atomic E-state index is 11.9. The number of halogens is 1. The summed E-state index contributed by atoms with van der Waals surface area (Å²) < 4.78 is 0.974. The summed E-state index contributed by atoms with van der Waals surface area (Å²) in [6.45, 7) is 1.74. The summed E-state index contributed by atoms with van der Waals surface area (Å²) in [5.74, 6) is -0.156. The van der Waals surface area contributed by atoms with Gasteiger partial charge >= 0.3 is 0 Å². The Morgan fingerprint density at radius 2 is 1.91 bits per heavy atom. The number of hydrogen-bond acceptors (Lipinski definition) is 4. The number of hydrazone groups is 1. The molecule has 1 amide bonds. The second-order valence-corrected chi connectivity index (χ2v) is 5.58. The number of hydrogen-bond donors (Lipinski definition) is 3. The van der Waals surface area contributed by atoms with Crippen LogP contribution in [0.1, 0.15) is 12.5 Å². The number of para-hydroxylation sites is 1. The van der Waals surface area contributed by atoms with Gasteiger partial charge in [0.15, 0.2) is 0 Å². The maximum Gasteiger partial charge on any atom is 0.262 e. The van der Waals surface area contributed by atoms with Crippen molar-refractivity contribution in [2.75, 3.05) is 5.32 Å². The first-order valence-corrected chi connectivity index (χ1v) is 7.48. The fourth-order valence-corrected chi connectivity index (χ4v) is 1.98. The number of amides is 1. The van der Waals surface area contributed by atoms with Gasteiger partial charge in [0.1, 0.15) is 11.8 Å². The van der Waals surface area contributed by atoms with Gasteiger partial charge in [0.25, 0.3) is 5.91 Å². The molecule has 2 aromatic rings. The molecule has 0 spiro atoms. The number of nitrogens with zero attached hydrogens (tertiary/aromatic N) is 1. The van der Waals surface area contributed by atoms with Crippen molar-refractivity contribution < 1.29 is 9.90 Å². The molecule has 0 radical (unpaired) electrons. The quantitative estimate of drug-likeness (QED) is 0.565. The summed E-state index contributed by atoms with van der Waals surface area (Å²) in [7, 11) is 0. The molecule has 3 N–H and O–H groups in total. The van der Waals surface area contributed by atoms with Gasteiger partial charge in [-0.15, -0.1) is 0 Å². The Labute approximate surface area is 137 Å². The molecular formula is C16H16BrN3O2. The summed E-state index contributed by atoms with van der Waals surface area (Å²) in [5, 5.41) is 16.5. The van der Waals surface area contributed by atoms with Gasteiger partial charge in [-0.3, -0.25) is 4.79 Å². The molecule has 0 bridgehead atoms. The predicted molar refractivity (Wildman–Crippen MR) is 91.1 cm³/mol. The molecule has 0 saturated carbocycles. The molecule has 2 aromatic carbocycles. The van der Waals surface area contributed by atoms with E-state index in [1.54, 1.807) is 31.2 Å². The molecular weight excluding hydrogens is 346 g/mol. The molecule has 2 rings (SSSR count). The number of benzene rings is 2. The highest BCUT2D eigenvalue weighted by atomic mass is 79.9. The number of carbonyl (C=O) groups excluding carboxylic acids is 1. The molecule has 6 heteroatoms. The lowest BCUT2D eigenvalue weighted by molar-refractivity contribution is -0.121. The van der Waals surface area contributed by atoms with Crippen molar-refractivity contribution in [2.24, 2.45) is 5.10 Å². The van der Waals surface area contributed by atoms with Crippen LogP contribution in [0.4, 0.5) is 5.69 Å². The van der Waals surface area contributed by atoms with Crippen molar-refractivity contribution in [3.05, 3.63) is 58.6 Å². The zero-order valence-electron chi connectivity index (χ0n) is 12.0. The van der Waals surface area contributed by atoms with Gasteiger partial charge in [0.2, 0.25) is 0 Å². The van der Waals surface area contributed by atoms with Crippen molar-refractivity contribution in [3.63, 3.8) is 0 Å². The first kappa shape index (κ1) is 16.0. The third-order valence-corrected chi connectivity index (χ3v) is 3.46. The average Bonchev–Trinajstić information content (AvgIpc) is 2.51. The molecule has 0 fully saturated rings. The number of nitrogens with one attached hydrogen (secondary N) is 2. The number of aromatic hydroxyl groups is 1. The van der Waals surface area contributed by atoms with E-state index in [4.69, 9.17) is 0 Å². The summed E-state index contributed by atoms with van der Waals surface area (Å²) in [6.07, 6.45) is 1.40. The van der Waals surface area contributed by atoms with E-state index in [0.29, 0.717) is 5.56 Å². The normalized spacial score (nSPS) is 12.1. The smallest absolute Gasteiger partial charge is 0.262 e. The predicted octanol–water partition coefficient (Wildman–Crippen LogP) is 3.11. The van der Waals surface area contributed by atoms with Gasteiger partial charge in [0, 0.05) is 15.7 Å². The second kappa shape index (κ2) is 7.61. The van der Waals surface area contributed by atoms with Gasteiger partial charge in [-0.2, -0.15) is 5.10 Å². The largest absolute Gasteiger partial charge is 0.507 e. The fourth-order valence-electron chi connectivity index (χ4n) is 1.72. The monoisotopic (exact) mass is 361 g/mol. The molecule has 0 unspecified atom stereocenters. The van der Waals surface area contributed by atoms with Crippen LogP contribution >= 0.6 is 15.9 Å². The minimum absolute atomic E-state index is 0.113. The van der Waals surface area contributed by atoms with Gasteiger partial charge in [-0.1, -0.05) is 28.1 Å². The Bertz CT molecular complexity index is 671. The van der Waals surface area contributed by atoms with Crippen molar-refractivity contribution in [2.45, 2.75) is 13.0 Å². The highest BCUT2D eigenvalue weighted by Gasteiger charge is 2.11. The molecule has 22 heavy (non-hydrogen) atoms. The van der Waals surface area contributed by atoms with Crippen molar-refractivity contribution in [1.82, 2.24) is 5.43 Å². The first-order valence-electron chi connectivity index (χ1n) is 6.69. The minimum Gasteiger partial charge on any atom is -0.507 e. The Morgan fingerprint density at radius 1 is 1.23 bits per heavy atom. The minimum atomic E-state index is -0.442. The highest BCUT2D eigenvalue weighted by Crippen LogP contribution is 2.15. The lowest BCUT2D eigenvalue weighted by Crippen LogP contribution is -2.34. The standard InChI is InChI=1S/C16H16BrN3O2/c1-11(19-14-8-6-13(17)7-9-14)16(22)20-18-10-12-4-2-3-5-15(12)21/h2-11,19,21H,1H3,(H,20,22)/t11-/m1/s1. The number of phenols is 1. The molecule has 0 saturated heterocycles. The van der Waals surface area contributed by atoms with Crippen molar-refractivity contribution in [3.8, 4) is 5.75 Å². The van der Waals surface area contributed by atoms with E-state index in [1.807, 2.05) is 24.3 Å². The summed E-state index contributed by atoms with van der Waals surface area (Å²) in [6, 6.07) is 13.8. The van der Waals surface area contributed by atoms with E-state index in [0.717, 1.165) is 10.2 Å². The van der Waals surface area contributed by atoms with Crippen LogP contribution in [-0.2, 0) is 4.79 Å². The summed E-state index contributed by atoms with van der Waals surface area (Å²) in [4.78, 5) is 11.9. The van der Waals surface area contributed by atoms with Crippen molar-refractivity contribution >= 4 is 33.7 Å². The topological polar surface area (TPSA) is 73.7 Å². The zero-order chi connectivity index (χ0) is 15.9. The molecule has 0 heterocycles.